The number of piperidine rings is 3. The number of hydrogen-bond donors (Lipinski definition) is 0. The number of fused-ring (bicyclic) bond motifs is 4. The molecule has 146 valence electrons. The fraction of sp³-hybridized carbons (Fsp3) is 0.458. The summed E-state index contributed by atoms with van der Waals surface area (Å²) >= 11 is 0. The van der Waals surface area contributed by atoms with Crippen molar-refractivity contribution in [2.45, 2.75) is 31.9 Å². The third-order valence-corrected chi connectivity index (χ3v) is 6.86. The molecule has 4 heteroatoms. The van der Waals surface area contributed by atoms with Crippen LogP contribution in [-0.2, 0) is 11.2 Å². The van der Waals surface area contributed by atoms with Crippen molar-refractivity contribution < 1.29 is 9.53 Å². The van der Waals surface area contributed by atoms with Crippen LogP contribution in [0.15, 0.2) is 54.6 Å². The van der Waals surface area contributed by atoms with E-state index in [2.05, 4.69) is 48.2 Å². The number of ether oxygens (including phenoxy) is 1. The first-order valence-corrected chi connectivity index (χ1v) is 10.5. The summed E-state index contributed by atoms with van der Waals surface area (Å²) in [4.78, 5) is 17.7. The van der Waals surface area contributed by atoms with Crippen molar-refractivity contribution in [2.75, 3.05) is 26.2 Å². The van der Waals surface area contributed by atoms with Gasteiger partial charge >= 0.3 is 6.09 Å². The standard InChI is InChI=1S/C24H28N2O2/c1-17-15-25-13-12-20(17)22(16-25)28-24(27)26-14-11-18-7-5-6-10-21(18)23(26)19-8-3-2-4-9-19/h2-10,17,20,22-23H,11-16H2,1H3. The van der Waals surface area contributed by atoms with Gasteiger partial charge in [-0.2, -0.15) is 0 Å². The minimum Gasteiger partial charge on any atom is -0.444 e. The molecule has 0 radical (unpaired) electrons. The van der Waals surface area contributed by atoms with Gasteiger partial charge in [-0.25, -0.2) is 4.79 Å². The summed E-state index contributed by atoms with van der Waals surface area (Å²) < 4.78 is 6.15. The van der Waals surface area contributed by atoms with Crippen LogP contribution in [0.4, 0.5) is 4.79 Å². The maximum Gasteiger partial charge on any atom is 0.410 e. The lowest BCUT2D eigenvalue weighted by molar-refractivity contribution is -0.0708. The molecule has 3 saturated heterocycles. The van der Waals surface area contributed by atoms with E-state index in [0.717, 1.165) is 38.0 Å². The van der Waals surface area contributed by atoms with Gasteiger partial charge in [-0.1, -0.05) is 61.5 Å². The Bertz CT molecular complexity index is 853. The Balaban J connectivity index is 1.42. The average molecular weight is 377 g/mol. The molecule has 4 nitrogen and oxygen atoms in total. The normalized spacial score (nSPS) is 31.3. The second kappa shape index (κ2) is 7.25. The van der Waals surface area contributed by atoms with Crippen molar-refractivity contribution in [1.29, 1.82) is 0 Å². The fourth-order valence-corrected chi connectivity index (χ4v) is 5.44. The van der Waals surface area contributed by atoms with E-state index in [1.54, 1.807) is 0 Å². The van der Waals surface area contributed by atoms with E-state index in [0.29, 0.717) is 18.4 Å². The Morgan fingerprint density at radius 1 is 1.00 bits per heavy atom. The van der Waals surface area contributed by atoms with Crippen molar-refractivity contribution in [3.05, 3.63) is 71.3 Å². The van der Waals surface area contributed by atoms with Gasteiger partial charge < -0.3 is 4.74 Å². The molecule has 6 rings (SSSR count). The molecule has 0 saturated carbocycles. The monoisotopic (exact) mass is 376 g/mol. The van der Waals surface area contributed by atoms with Gasteiger partial charge in [0.1, 0.15) is 6.10 Å². The van der Waals surface area contributed by atoms with Gasteiger partial charge in [-0.3, -0.25) is 9.80 Å². The third kappa shape index (κ3) is 3.10. The van der Waals surface area contributed by atoms with Crippen LogP contribution in [0.1, 0.15) is 36.1 Å². The van der Waals surface area contributed by atoms with Gasteiger partial charge in [0.2, 0.25) is 0 Å². The van der Waals surface area contributed by atoms with Crippen LogP contribution in [0.25, 0.3) is 0 Å². The van der Waals surface area contributed by atoms with Crippen molar-refractivity contribution in [2.24, 2.45) is 11.8 Å². The molecule has 4 aliphatic rings. The highest BCUT2D eigenvalue weighted by Crippen LogP contribution is 2.38. The second-order valence-electron chi connectivity index (χ2n) is 8.57. The molecule has 4 aliphatic heterocycles. The maximum absolute atomic E-state index is 13.3. The summed E-state index contributed by atoms with van der Waals surface area (Å²) in [5, 5.41) is 0. The van der Waals surface area contributed by atoms with E-state index in [9.17, 15) is 4.79 Å². The average Bonchev–Trinajstić information content (AvgIpc) is 2.73. The molecule has 1 amide bonds. The molecule has 5 atom stereocenters. The summed E-state index contributed by atoms with van der Waals surface area (Å²) in [7, 11) is 0. The van der Waals surface area contributed by atoms with Crippen molar-refractivity contribution in [1.82, 2.24) is 9.80 Å². The van der Waals surface area contributed by atoms with Gasteiger partial charge in [-0.05, 0) is 42.0 Å². The highest BCUT2D eigenvalue weighted by atomic mass is 16.6. The van der Waals surface area contributed by atoms with Gasteiger partial charge in [0, 0.05) is 25.6 Å². The number of rotatable bonds is 2. The lowest BCUT2D eigenvalue weighted by atomic mass is 9.78. The number of carbonyl (C=O) groups excluding carboxylic acids is 1. The largest absolute Gasteiger partial charge is 0.444 e. The Hall–Kier alpha value is -2.33. The fourth-order valence-electron chi connectivity index (χ4n) is 5.44. The smallest absolute Gasteiger partial charge is 0.410 e. The van der Waals surface area contributed by atoms with Crippen LogP contribution in [0.3, 0.4) is 0 Å². The molecule has 0 spiro atoms. The zero-order valence-electron chi connectivity index (χ0n) is 16.5. The van der Waals surface area contributed by atoms with Gasteiger partial charge in [0.05, 0.1) is 6.04 Å². The van der Waals surface area contributed by atoms with E-state index in [1.807, 2.05) is 23.1 Å². The Labute approximate surface area is 167 Å². The number of carbonyl (C=O) groups is 1. The Morgan fingerprint density at radius 3 is 2.57 bits per heavy atom. The van der Waals surface area contributed by atoms with Crippen LogP contribution in [0.2, 0.25) is 0 Å². The molecule has 2 bridgehead atoms. The molecule has 2 aromatic rings. The summed E-state index contributed by atoms with van der Waals surface area (Å²) in [6.45, 7) is 6.17. The molecular weight excluding hydrogens is 348 g/mol. The predicted octanol–water partition coefficient (Wildman–Crippen LogP) is 4.11. The van der Waals surface area contributed by atoms with Crippen LogP contribution in [0, 0.1) is 11.8 Å². The lowest BCUT2D eigenvalue weighted by Gasteiger charge is -2.48. The first kappa shape index (κ1) is 17.7. The minimum atomic E-state index is -0.158. The molecular formula is C24H28N2O2. The van der Waals surface area contributed by atoms with E-state index < -0.39 is 0 Å². The summed E-state index contributed by atoms with van der Waals surface area (Å²) in [5.41, 5.74) is 3.70. The zero-order chi connectivity index (χ0) is 19.1. The number of benzene rings is 2. The van der Waals surface area contributed by atoms with Gasteiger partial charge in [-0.15, -0.1) is 0 Å². The molecule has 0 aliphatic carbocycles. The van der Waals surface area contributed by atoms with Crippen molar-refractivity contribution in [3.63, 3.8) is 0 Å². The first-order valence-electron chi connectivity index (χ1n) is 10.5. The number of nitrogens with zero attached hydrogens (tertiary/aromatic N) is 2. The highest BCUT2D eigenvalue weighted by Gasteiger charge is 2.42. The quantitative estimate of drug-likeness (QED) is 0.791. The molecule has 5 unspecified atom stereocenters. The number of amides is 1. The van der Waals surface area contributed by atoms with Crippen LogP contribution < -0.4 is 0 Å². The van der Waals surface area contributed by atoms with Gasteiger partial charge in [0.15, 0.2) is 0 Å². The summed E-state index contributed by atoms with van der Waals surface area (Å²) in [6, 6.07) is 18.8. The Kier molecular flexibility index (Phi) is 4.59. The van der Waals surface area contributed by atoms with Crippen LogP contribution in [-0.4, -0.2) is 48.2 Å². The summed E-state index contributed by atoms with van der Waals surface area (Å²) in [6.07, 6.45) is 1.89. The highest BCUT2D eigenvalue weighted by molar-refractivity contribution is 5.70. The number of hydrogen-bond acceptors (Lipinski definition) is 3. The first-order chi connectivity index (χ1) is 13.7. The molecule has 0 aromatic heterocycles. The molecule has 2 aromatic carbocycles. The minimum absolute atomic E-state index is 0.0265. The lowest BCUT2D eigenvalue weighted by Crippen LogP contribution is -2.57. The molecule has 3 fully saturated rings. The maximum atomic E-state index is 13.3. The van der Waals surface area contributed by atoms with Crippen LogP contribution in [0.5, 0.6) is 0 Å². The molecule has 28 heavy (non-hydrogen) atoms. The predicted molar refractivity (Wildman–Crippen MR) is 109 cm³/mol. The van der Waals surface area contributed by atoms with Crippen molar-refractivity contribution >= 4 is 6.09 Å². The SMILES string of the molecule is CC1CN2CCC1C(OC(=O)N1CCc3ccccc3C1c1ccccc1)C2. The third-order valence-electron chi connectivity index (χ3n) is 6.86. The Morgan fingerprint density at radius 2 is 1.79 bits per heavy atom. The van der Waals surface area contributed by atoms with E-state index in [1.165, 1.54) is 11.1 Å². The van der Waals surface area contributed by atoms with E-state index in [-0.39, 0.29) is 18.2 Å². The van der Waals surface area contributed by atoms with Gasteiger partial charge in [0.25, 0.3) is 0 Å². The zero-order valence-corrected chi connectivity index (χ0v) is 16.5. The topological polar surface area (TPSA) is 32.8 Å². The second-order valence-corrected chi connectivity index (χ2v) is 8.57. The summed E-state index contributed by atoms with van der Waals surface area (Å²) in [5.74, 6) is 1.11. The van der Waals surface area contributed by atoms with E-state index in [4.69, 9.17) is 4.74 Å². The van der Waals surface area contributed by atoms with E-state index >= 15 is 0 Å². The van der Waals surface area contributed by atoms with Crippen molar-refractivity contribution in [3.8, 4) is 0 Å². The van der Waals surface area contributed by atoms with Crippen LogP contribution >= 0.6 is 0 Å². The molecule has 0 N–H and O–H groups in total. The molecule has 4 heterocycles.